The summed E-state index contributed by atoms with van der Waals surface area (Å²) in [6.07, 6.45) is 8.11. The first-order valence-corrected chi connectivity index (χ1v) is 15.3. The third-order valence-corrected chi connectivity index (χ3v) is 11.4. The number of Topliss-reactive ketones (excluding diaryl/α,β-unsaturated/α-hetero) is 1. The number of aliphatic hydroxyl groups is 1. The molecule has 0 amide bonds. The molecule has 202 valence electrons. The fraction of sp³-hybridized carbons (Fsp3) is 0.625. The number of hydrogen-bond donors (Lipinski definition) is 1. The molecule has 1 aliphatic heterocycles. The average Bonchev–Trinajstić information content (AvgIpc) is 3.54. The molecular formula is C32H39NO4S. The third-order valence-electron chi connectivity index (χ3n) is 10.6. The van der Waals surface area contributed by atoms with E-state index in [2.05, 4.69) is 50.0 Å². The van der Waals surface area contributed by atoms with Crippen LogP contribution < -0.4 is 0 Å². The molecular weight excluding hydrogens is 494 g/mol. The molecule has 5 nitrogen and oxygen atoms in total. The Morgan fingerprint density at radius 2 is 1.79 bits per heavy atom. The highest BCUT2D eigenvalue weighted by atomic mass is 32.1. The van der Waals surface area contributed by atoms with Crippen molar-refractivity contribution in [2.24, 2.45) is 22.7 Å². The van der Waals surface area contributed by atoms with E-state index in [4.69, 9.17) is 9.47 Å². The number of ether oxygens (including phenoxy) is 2. The fourth-order valence-electron chi connectivity index (χ4n) is 8.55. The highest BCUT2D eigenvalue weighted by Crippen LogP contribution is 2.64. The molecule has 1 aromatic carbocycles. The van der Waals surface area contributed by atoms with E-state index in [1.165, 1.54) is 16.7 Å². The van der Waals surface area contributed by atoms with Crippen molar-refractivity contribution in [2.75, 3.05) is 13.2 Å². The van der Waals surface area contributed by atoms with Gasteiger partial charge in [-0.15, -0.1) is 11.3 Å². The van der Waals surface area contributed by atoms with Gasteiger partial charge in [-0.2, -0.15) is 0 Å². The van der Waals surface area contributed by atoms with Gasteiger partial charge in [-0.3, -0.25) is 4.79 Å². The van der Waals surface area contributed by atoms with Crippen LogP contribution in [0.2, 0.25) is 0 Å². The van der Waals surface area contributed by atoms with Crippen molar-refractivity contribution in [2.45, 2.75) is 89.4 Å². The molecule has 1 aromatic heterocycles. The van der Waals surface area contributed by atoms with E-state index in [0.717, 1.165) is 49.1 Å². The summed E-state index contributed by atoms with van der Waals surface area (Å²) in [4.78, 5) is 17.8. The van der Waals surface area contributed by atoms with Crippen molar-refractivity contribution in [3.8, 4) is 10.6 Å². The number of rotatable bonds is 2. The van der Waals surface area contributed by atoms with Gasteiger partial charge in [0.25, 0.3) is 0 Å². The van der Waals surface area contributed by atoms with Gasteiger partial charge in [0.15, 0.2) is 5.79 Å². The average molecular weight is 534 g/mol. The zero-order valence-electron chi connectivity index (χ0n) is 22.8. The highest BCUT2D eigenvalue weighted by molar-refractivity contribution is 7.13. The van der Waals surface area contributed by atoms with Gasteiger partial charge in [0, 0.05) is 53.2 Å². The minimum Gasteiger partial charge on any atom is -0.385 e. The Kier molecular flexibility index (Phi) is 5.67. The molecule has 1 spiro atoms. The summed E-state index contributed by atoms with van der Waals surface area (Å²) in [7, 11) is 0. The van der Waals surface area contributed by atoms with Crippen molar-refractivity contribution in [3.05, 3.63) is 52.6 Å². The van der Waals surface area contributed by atoms with Crippen LogP contribution in [0.1, 0.15) is 83.6 Å². The maximum Gasteiger partial charge on any atom is 0.171 e. The summed E-state index contributed by atoms with van der Waals surface area (Å²) < 4.78 is 12.8. The number of hydrogen-bond acceptors (Lipinski definition) is 6. The van der Waals surface area contributed by atoms with Crippen LogP contribution in [-0.4, -0.2) is 40.5 Å². The van der Waals surface area contributed by atoms with Crippen molar-refractivity contribution in [1.29, 1.82) is 0 Å². The molecule has 6 heteroatoms. The first kappa shape index (κ1) is 25.1. The summed E-state index contributed by atoms with van der Waals surface area (Å²) in [6, 6.07) is 8.83. The molecule has 3 saturated carbocycles. The van der Waals surface area contributed by atoms with Gasteiger partial charge >= 0.3 is 0 Å². The van der Waals surface area contributed by atoms with Crippen LogP contribution in [0.4, 0.5) is 0 Å². The molecule has 38 heavy (non-hydrogen) atoms. The molecule has 1 saturated heterocycles. The van der Waals surface area contributed by atoms with E-state index in [9.17, 15) is 9.90 Å². The van der Waals surface area contributed by atoms with Crippen LogP contribution in [0.3, 0.4) is 0 Å². The molecule has 7 rings (SSSR count). The van der Waals surface area contributed by atoms with Gasteiger partial charge < -0.3 is 14.6 Å². The summed E-state index contributed by atoms with van der Waals surface area (Å²) in [5.41, 5.74) is 3.87. The van der Waals surface area contributed by atoms with Crippen molar-refractivity contribution in [1.82, 2.24) is 4.98 Å². The van der Waals surface area contributed by atoms with E-state index < -0.39 is 11.4 Å². The summed E-state index contributed by atoms with van der Waals surface area (Å²) in [5, 5.41) is 15.3. The monoisotopic (exact) mass is 533 g/mol. The first-order chi connectivity index (χ1) is 18.1. The van der Waals surface area contributed by atoms with Gasteiger partial charge in [0.1, 0.15) is 10.8 Å². The van der Waals surface area contributed by atoms with E-state index >= 15 is 0 Å². The van der Waals surface area contributed by atoms with Gasteiger partial charge in [-0.05, 0) is 55.1 Å². The lowest BCUT2D eigenvalue weighted by atomic mass is 9.51. The molecule has 2 aromatic rings. The largest absolute Gasteiger partial charge is 0.385 e. The van der Waals surface area contributed by atoms with Gasteiger partial charge in [0.05, 0.1) is 18.8 Å². The topological polar surface area (TPSA) is 68.7 Å². The molecule has 5 atom stereocenters. The van der Waals surface area contributed by atoms with Gasteiger partial charge in [0.2, 0.25) is 0 Å². The van der Waals surface area contributed by atoms with Crippen molar-refractivity contribution in [3.63, 3.8) is 0 Å². The zero-order valence-corrected chi connectivity index (χ0v) is 23.6. The number of aromatic nitrogens is 1. The molecule has 0 radical (unpaired) electrons. The minimum atomic E-state index is -0.902. The number of carbonyl (C=O) groups excluding carboxylic acids is 1. The van der Waals surface area contributed by atoms with Crippen molar-refractivity contribution < 1.29 is 19.4 Å². The number of fused-ring (bicyclic) bond motifs is 4. The highest BCUT2D eigenvalue weighted by Gasteiger charge is 2.60. The number of nitrogens with zero attached hydrogens (tertiary/aromatic N) is 1. The van der Waals surface area contributed by atoms with E-state index in [0.29, 0.717) is 43.7 Å². The molecule has 5 aliphatic rings. The van der Waals surface area contributed by atoms with Crippen LogP contribution in [0.15, 0.2) is 47.0 Å². The van der Waals surface area contributed by atoms with Crippen LogP contribution in [-0.2, 0) is 14.3 Å². The standard InChI is InChI=1S/C32H39NO4S/c1-29(2)18-36-32(37-19-29)13-11-25-27-22(10-12-31(25,35)17-32)24-8-9-26(34)30(24,3)16-23(27)20-4-6-21(7-5-20)28-33-14-15-38-28/h4-7,14-15,22-24,35H,8-13,16-19H2,1-3H3/t22-,23+,24-,30-,31+/m0/s1. The maximum atomic E-state index is 13.3. The van der Waals surface area contributed by atoms with Crippen LogP contribution in [0.5, 0.6) is 0 Å². The second kappa shape index (κ2) is 8.57. The predicted molar refractivity (Wildman–Crippen MR) is 148 cm³/mol. The Morgan fingerprint density at radius 3 is 2.50 bits per heavy atom. The number of benzene rings is 1. The maximum absolute atomic E-state index is 13.3. The van der Waals surface area contributed by atoms with Crippen LogP contribution in [0, 0.1) is 22.7 Å². The number of allylic oxidation sites excluding steroid dienone is 1. The second-order valence-corrected chi connectivity index (χ2v) is 14.5. The number of thiazole rings is 1. The summed E-state index contributed by atoms with van der Waals surface area (Å²) in [5.74, 6) is 0.646. The van der Waals surface area contributed by atoms with Crippen LogP contribution >= 0.6 is 11.3 Å². The lowest BCUT2D eigenvalue weighted by molar-refractivity contribution is -0.322. The molecule has 0 bridgehead atoms. The normalized spacial score (nSPS) is 37.6. The molecule has 4 fully saturated rings. The summed E-state index contributed by atoms with van der Waals surface area (Å²) in [6.45, 7) is 7.89. The third kappa shape index (κ3) is 3.81. The van der Waals surface area contributed by atoms with Gasteiger partial charge in [-0.25, -0.2) is 4.98 Å². The smallest absolute Gasteiger partial charge is 0.171 e. The Balaban J connectivity index is 1.29. The summed E-state index contributed by atoms with van der Waals surface area (Å²) >= 11 is 1.65. The minimum absolute atomic E-state index is 0.00297. The van der Waals surface area contributed by atoms with Crippen molar-refractivity contribution >= 4 is 17.1 Å². The SMILES string of the molecule is CC1(C)COC2(CCC3=C4[C@@H](CC[C@@]3(O)C2)[C@@H]2CCC(=O)[C@@]2(C)C[C@@H]4c2ccc(-c3nccs3)cc2)OC1. The van der Waals surface area contributed by atoms with Gasteiger partial charge in [-0.1, -0.05) is 50.6 Å². The Hall–Kier alpha value is -1.86. The fourth-order valence-corrected chi connectivity index (χ4v) is 9.19. The van der Waals surface area contributed by atoms with E-state index in [1.54, 1.807) is 11.3 Å². The number of carbonyl (C=O) groups is 1. The van der Waals surface area contributed by atoms with Crippen LogP contribution in [0.25, 0.3) is 10.6 Å². The lowest BCUT2D eigenvalue weighted by Crippen LogP contribution is -2.57. The Labute approximate surface area is 229 Å². The lowest BCUT2D eigenvalue weighted by Gasteiger charge is -2.56. The Morgan fingerprint density at radius 1 is 1.03 bits per heavy atom. The van der Waals surface area contributed by atoms with E-state index in [-0.39, 0.29) is 16.7 Å². The first-order valence-electron chi connectivity index (χ1n) is 14.4. The molecule has 0 unspecified atom stereocenters. The zero-order chi connectivity index (χ0) is 26.3. The Bertz CT molecular complexity index is 1270. The van der Waals surface area contributed by atoms with E-state index in [1.807, 2.05) is 11.6 Å². The number of ketones is 1. The molecule has 1 N–H and O–H groups in total. The molecule has 4 aliphatic carbocycles. The predicted octanol–water partition coefficient (Wildman–Crippen LogP) is 6.67. The quantitative estimate of drug-likeness (QED) is 0.437. The molecule has 2 heterocycles. The second-order valence-electron chi connectivity index (χ2n) is 13.6.